The Bertz CT molecular complexity index is 139. The van der Waals surface area contributed by atoms with Crippen LogP contribution < -0.4 is 24.0 Å². The van der Waals surface area contributed by atoms with Crippen molar-refractivity contribution in [3.05, 3.63) is 35.9 Å². The van der Waals surface area contributed by atoms with E-state index in [9.17, 15) is 0 Å². The van der Waals surface area contributed by atoms with E-state index in [2.05, 4.69) is 19.1 Å². The predicted octanol–water partition coefficient (Wildman–Crippen LogP) is -1.00. The number of benzene rings is 1. The van der Waals surface area contributed by atoms with Gasteiger partial charge in [-0.25, -0.2) is 0 Å². The fourth-order valence-corrected chi connectivity index (χ4v) is 0.534. The van der Waals surface area contributed by atoms with Gasteiger partial charge in [-0.05, 0) is 6.92 Å². The number of hydrogen-bond acceptors (Lipinski definition) is 0. The minimum Gasteiger partial charge on any atom is -1.00 e. The Kier molecular flexibility index (Phi) is 9.12. The summed E-state index contributed by atoms with van der Waals surface area (Å²) < 4.78 is 0. The minimum absolute atomic E-state index is 0. The SMILES string of the molecule is Cc1ccccc1.[I-].[Zn]. The topological polar surface area (TPSA) is 0 Å². The fraction of sp³-hybridized carbons (Fsp3) is 0.143. The third-order valence-electron chi connectivity index (χ3n) is 0.940. The molecule has 0 atom stereocenters. The Balaban J connectivity index is 0. The second kappa shape index (κ2) is 6.69. The van der Waals surface area contributed by atoms with Crippen molar-refractivity contribution in [3.8, 4) is 0 Å². The molecule has 1 rings (SSSR count). The van der Waals surface area contributed by atoms with Crippen molar-refractivity contribution >= 4 is 0 Å². The molecule has 0 N–H and O–H groups in total. The van der Waals surface area contributed by atoms with Crippen LogP contribution in [-0.4, -0.2) is 0 Å². The molecule has 9 heavy (non-hydrogen) atoms. The summed E-state index contributed by atoms with van der Waals surface area (Å²) >= 11 is 0. The zero-order valence-electron chi connectivity index (χ0n) is 5.47. The molecule has 0 amide bonds. The molecule has 0 saturated carbocycles. The molecular weight excluding hydrogens is 276 g/mol. The molecule has 0 aliphatic rings. The Labute approximate surface area is 85.8 Å². The van der Waals surface area contributed by atoms with Gasteiger partial charge in [0.25, 0.3) is 0 Å². The molecule has 2 heteroatoms. The second-order valence-electron chi connectivity index (χ2n) is 1.65. The van der Waals surface area contributed by atoms with Crippen molar-refractivity contribution in [1.29, 1.82) is 0 Å². The molecule has 0 aromatic heterocycles. The maximum absolute atomic E-state index is 2.08. The fourth-order valence-electron chi connectivity index (χ4n) is 0.534. The van der Waals surface area contributed by atoms with E-state index < -0.39 is 0 Å². The van der Waals surface area contributed by atoms with E-state index in [0.717, 1.165) is 0 Å². The summed E-state index contributed by atoms with van der Waals surface area (Å²) in [5.41, 5.74) is 1.32. The third-order valence-corrected chi connectivity index (χ3v) is 0.940. The van der Waals surface area contributed by atoms with Crippen LogP contribution in [0.15, 0.2) is 30.3 Å². The Morgan fingerprint density at radius 1 is 1.00 bits per heavy atom. The summed E-state index contributed by atoms with van der Waals surface area (Å²) in [5, 5.41) is 0. The molecule has 1 aromatic carbocycles. The van der Waals surface area contributed by atoms with Crippen molar-refractivity contribution in [1.82, 2.24) is 0 Å². The second-order valence-corrected chi connectivity index (χ2v) is 1.65. The van der Waals surface area contributed by atoms with Gasteiger partial charge in [0.15, 0.2) is 0 Å². The smallest absolute Gasteiger partial charge is 0 e. The standard InChI is InChI=1S/C7H8.HI.Zn/c1-7-5-3-2-4-6-7;;/h2-6H,1H3;1H;/p-1. The van der Waals surface area contributed by atoms with E-state index in [0.29, 0.717) is 0 Å². The molecule has 0 nitrogen and oxygen atoms in total. The van der Waals surface area contributed by atoms with Gasteiger partial charge in [0.05, 0.1) is 0 Å². The molecule has 1 aromatic rings. The quantitative estimate of drug-likeness (QED) is 0.423. The van der Waals surface area contributed by atoms with Crippen LogP contribution in [0.2, 0.25) is 0 Å². The Morgan fingerprint density at radius 2 is 1.44 bits per heavy atom. The maximum Gasteiger partial charge on any atom is 0 e. The summed E-state index contributed by atoms with van der Waals surface area (Å²) in [6.45, 7) is 2.08. The monoisotopic (exact) mass is 283 g/mol. The van der Waals surface area contributed by atoms with Gasteiger partial charge in [-0.1, -0.05) is 35.9 Å². The first kappa shape index (κ1) is 12.3. The molecule has 0 spiro atoms. The molecule has 0 unspecified atom stereocenters. The molecule has 0 bridgehead atoms. The van der Waals surface area contributed by atoms with Crippen LogP contribution in [0.1, 0.15) is 5.56 Å². The largest absolute Gasteiger partial charge is 1.00 e. The summed E-state index contributed by atoms with van der Waals surface area (Å²) in [5.74, 6) is 0. The molecular formula is C7H8IZn-. The van der Waals surface area contributed by atoms with Gasteiger partial charge in [0.2, 0.25) is 0 Å². The molecule has 0 radical (unpaired) electrons. The first-order valence-electron chi connectivity index (χ1n) is 2.41. The zero-order chi connectivity index (χ0) is 5.11. The van der Waals surface area contributed by atoms with Crippen LogP contribution in [0.4, 0.5) is 0 Å². The van der Waals surface area contributed by atoms with Crippen molar-refractivity contribution in [3.63, 3.8) is 0 Å². The van der Waals surface area contributed by atoms with Crippen LogP contribution in [0.5, 0.6) is 0 Å². The van der Waals surface area contributed by atoms with E-state index in [1.165, 1.54) is 5.56 Å². The summed E-state index contributed by atoms with van der Waals surface area (Å²) in [7, 11) is 0. The van der Waals surface area contributed by atoms with Crippen LogP contribution in [0, 0.1) is 6.92 Å². The summed E-state index contributed by atoms with van der Waals surface area (Å²) in [6.07, 6.45) is 0. The zero-order valence-corrected chi connectivity index (χ0v) is 10.6. The van der Waals surface area contributed by atoms with Crippen LogP contribution in [0.25, 0.3) is 0 Å². The molecule has 0 saturated heterocycles. The van der Waals surface area contributed by atoms with Crippen molar-refractivity contribution < 1.29 is 43.5 Å². The van der Waals surface area contributed by atoms with Gasteiger partial charge in [-0.2, -0.15) is 0 Å². The Hall–Kier alpha value is 0.573. The average molecular weight is 284 g/mol. The van der Waals surface area contributed by atoms with Crippen molar-refractivity contribution in [2.75, 3.05) is 0 Å². The van der Waals surface area contributed by atoms with E-state index in [1.807, 2.05) is 18.2 Å². The van der Waals surface area contributed by atoms with Gasteiger partial charge in [0, 0.05) is 19.5 Å². The van der Waals surface area contributed by atoms with Crippen molar-refractivity contribution in [2.24, 2.45) is 0 Å². The van der Waals surface area contributed by atoms with E-state index in [4.69, 9.17) is 0 Å². The number of halogens is 1. The number of aryl methyl sites for hydroxylation is 1. The first-order valence-corrected chi connectivity index (χ1v) is 2.41. The summed E-state index contributed by atoms with van der Waals surface area (Å²) in [4.78, 5) is 0. The normalized spacial score (nSPS) is 6.78. The van der Waals surface area contributed by atoms with Gasteiger partial charge >= 0.3 is 0 Å². The number of hydrogen-bond donors (Lipinski definition) is 0. The third kappa shape index (κ3) is 5.04. The number of rotatable bonds is 0. The van der Waals surface area contributed by atoms with Crippen molar-refractivity contribution in [2.45, 2.75) is 6.92 Å². The average Bonchev–Trinajstić information content (AvgIpc) is 1.69. The van der Waals surface area contributed by atoms with E-state index in [-0.39, 0.29) is 43.5 Å². The summed E-state index contributed by atoms with van der Waals surface area (Å²) in [6, 6.07) is 10.3. The van der Waals surface area contributed by atoms with E-state index in [1.54, 1.807) is 0 Å². The minimum atomic E-state index is 0. The maximum atomic E-state index is 2.08. The Morgan fingerprint density at radius 3 is 1.67 bits per heavy atom. The molecule has 46 valence electrons. The van der Waals surface area contributed by atoms with Gasteiger partial charge in [0.1, 0.15) is 0 Å². The molecule has 0 aliphatic heterocycles. The van der Waals surface area contributed by atoms with Crippen LogP contribution >= 0.6 is 0 Å². The molecule has 0 heterocycles. The van der Waals surface area contributed by atoms with Gasteiger partial charge < -0.3 is 24.0 Å². The van der Waals surface area contributed by atoms with Gasteiger partial charge in [-0.3, -0.25) is 0 Å². The first-order chi connectivity index (χ1) is 3.39. The van der Waals surface area contributed by atoms with Crippen LogP contribution in [0.3, 0.4) is 0 Å². The molecule has 0 aliphatic carbocycles. The van der Waals surface area contributed by atoms with Gasteiger partial charge in [-0.15, -0.1) is 0 Å². The molecule has 0 fully saturated rings. The predicted molar refractivity (Wildman–Crippen MR) is 31.2 cm³/mol. The van der Waals surface area contributed by atoms with Crippen LogP contribution in [-0.2, 0) is 19.5 Å². The van der Waals surface area contributed by atoms with E-state index >= 15 is 0 Å².